The monoisotopic (exact) mass is 385 g/mol. The van der Waals surface area contributed by atoms with E-state index in [-0.39, 0.29) is 29.6 Å². The van der Waals surface area contributed by atoms with Crippen molar-refractivity contribution in [2.45, 2.75) is 30.8 Å². The first-order chi connectivity index (χ1) is 13.0. The van der Waals surface area contributed by atoms with Gasteiger partial charge < -0.3 is 14.6 Å². The van der Waals surface area contributed by atoms with Gasteiger partial charge in [-0.25, -0.2) is 4.98 Å². The molecule has 1 amide bonds. The van der Waals surface area contributed by atoms with Crippen molar-refractivity contribution >= 4 is 29.1 Å². The van der Waals surface area contributed by atoms with Crippen LogP contribution in [-0.4, -0.2) is 41.1 Å². The molecule has 7 nitrogen and oxygen atoms in total. The van der Waals surface area contributed by atoms with E-state index >= 15 is 0 Å². The van der Waals surface area contributed by atoms with E-state index in [1.54, 1.807) is 25.2 Å². The quantitative estimate of drug-likeness (QED) is 0.492. The van der Waals surface area contributed by atoms with E-state index in [1.165, 1.54) is 16.7 Å². The number of amides is 1. The number of H-pyrrole nitrogens is 1. The first-order valence-electron chi connectivity index (χ1n) is 8.84. The number of carbonyl (C=O) groups is 2. The van der Waals surface area contributed by atoms with Crippen LogP contribution in [0.1, 0.15) is 34.5 Å². The Morgan fingerprint density at radius 3 is 2.96 bits per heavy atom. The minimum Gasteiger partial charge on any atom is -0.482 e. The Kier molecular flexibility index (Phi) is 4.73. The summed E-state index contributed by atoms with van der Waals surface area (Å²) in [5.74, 6) is 0.479. The third-order valence-electron chi connectivity index (χ3n) is 4.88. The van der Waals surface area contributed by atoms with Crippen molar-refractivity contribution in [1.29, 1.82) is 0 Å². The molecule has 1 N–H and O–H groups in total. The molecular weight excluding hydrogens is 366 g/mol. The van der Waals surface area contributed by atoms with E-state index < -0.39 is 0 Å². The highest BCUT2D eigenvalue weighted by Gasteiger charge is 2.23. The lowest BCUT2D eigenvalue weighted by molar-refractivity contribution is -0.120. The van der Waals surface area contributed by atoms with Crippen LogP contribution in [0.5, 0.6) is 5.75 Å². The zero-order valence-electron chi connectivity index (χ0n) is 14.9. The summed E-state index contributed by atoms with van der Waals surface area (Å²) in [6.07, 6.45) is 3.63. The summed E-state index contributed by atoms with van der Waals surface area (Å²) in [6, 6.07) is 5.06. The number of likely N-dealkylation sites (N-methyl/N-ethyl adjacent to an activating group) is 1. The van der Waals surface area contributed by atoms with Gasteiger partial charge in [0.05, 0.1) is 17.1 Å². The van der Waals surface area contributed by atoms with Crippen LogP contribution in [0, 0.1) is 0 Å². The van der Waals surface area contributed by atoms with Gasteiger partial charge in [-0.15, -0.1) is 0 Å². The molecule has 1 aromatic heterocycles. The number of carbonyl (C=O) groups excluding carboxylic acids is 2. The number of ether oxygens (including phenoxy) is 1. The minimum absolute atomic E-state index is 0.00397. The lowest BCUT2D eigenvalue weighted by atomic mass is 9.97. The van der Waals surface area contributed by atoms with E-state index in [2.05, 4.69) is 9.97 Å². The number of hydrogen-bond acceptors (Lipinski definition) is 6. The third kappa shape index (κ3) is 3.49. The number of aromatic nitrogens is 2. The Balaban J connectivity index is 1.50. The smallest absolute Gasteiger partial charge is 0.264 e. The van der Waals surface area contributed by atoms with Crippen molar-refractivity contribution in [3.63, 3.8) is 0 Å². The molecule has 1 aliphatic heterocycles. The summed E-state index contributed by atoms with van der Waals surface area (Å²) in [5, 5.41) is 0.475. The van der Waals surface area contributed by atoms with Crippen molar-refractivity contribution in [3.05, 3.63) is 45.4 Å². The van der Waals surface area contributed by atoms with Crippen molar-refractivity contribution in [2.75, 3.05) is 24.3 Å². The number of anilines is 1. The molecule has 4 rings (SSSR count). The summed E-state index contributed by atoms with van der Waals surface area (Å²) in [7, 11) is 1.66. The molecule has 2 aliphatic rings. The Bertz CT molecular complexity index is 985. The standard InChI is InChI=1S/C19H19N3O4S/c1-22-14-8-11(6-7-16(14)26-9-17(22)24)15(23)10-27-19-20-13-5-3-2-4-12(13)18(25)21-19/h6-8H,2-5,9-10H2,1H3,(H,20,21,25). The average Bonchev–Trinajstić information content (AvgIpc) is 2.69. The van der Waals surface area contributed by atoms with Gasteiger partial charge in [0.1, 0.15) is 5.75 Å². The van der Waals surface area contributed by atoms with Crippen LogP contribution in [0.4, 0.5) is 5.69 Å². The first kappa shape index (κ1) is 17.8. The van der Waals surface area contributed by atoms with Gasteiger partial charge in [-0.3, -0.25) is 14.4 Å². The van der Waals surface area contributed by atoms with Crippen LogP contribution in [0.15, 0.2) is 28.2 Å². The van der Waals surface area contributed by atoms with E-state index in [4.69, 9.17) is 4.74 Å². The summed E-state index contributed by atoms with van der Waals surface area (Å²) in [6.45, 7) is 0.00397. The maximum absolute atomic E-state index is 12.6. The maximum Gasteiger partial charge on any atom is 0.264 e. The number of benzene rings is 1. The predicted octanol–water partition coefficient (Wildman–Crippen LogP) is 1.98. The van der Waals surface area contributed by atoms with Crippen molar-refractivity contribution in [3.8, 4) is 5.75 Å². The molecule has 0 saturated carbocycles. The molecule has 0 fully saturated rings. The summed E-state index contributed by atoms with van der Waals surface area (Å²) < 4.78 is 5.38. The Hall–Kier alpha value is -2.61. The highest BCUT2D eigenvalue weighted by Crippen LogP contribution is 2.32. The number of ketones is 1. The molecule has 0 unspecified atom stereocenters. The fraction of sp³-hybridized carbons (Fsp3) is 0.368. The molecule has 0 spiro atoms. The second-order valence-electron chi connectivity index (χ2n) is 6.64. The number of rotatable bonds is 4. The molecule has 140 valence electrons. The second-order valence-corrected chi connectivity index (χ2v) is 7.60. The molecule has 1 aliphatic carbocycles. The highest BCUT2D eigenvalue weighted by atomic mass is 32.2. The van der Waals surface area contributed by atoms with Crippen LogP contribution >= 0.6 is 11.8 Å². The summed E-state index contributed by atoms with van der Waals surface area (Å²) in [5.41, 5.74) is 2.61. The Labute approximate surface area is 160 Å². The number of nitrogens with one attached hydrogen (secondary N) is 1. The number of nitrogens with zero attached hydrogens (tertiary/aromatic N) is 2. The highest BCUT2D eigenvalue weighted by molar-refractivity contribution is 7.99. The maximum atomic E-state index is 12.6. The van der Waals surface area contributed by atoms with E-state index in [1.807, 2.05) is 0 Å². The lowest BCUT2D eigenvalue weighted by Crippen LogP contribution is -2.35. The number of Topliss-reactive ketones (excluding diaryl/α,β-unsaturated/α-hetero) is 1. The number of aryl methyl sites for hydroxylation is 1. The van der Waals surface area contributed by atoms with E-state index in [0.29, 0.717) is 22.2 Å². The molecular formula is C19H19N3O4S. The van der Waals surface area contributed by atoms with Crippen LogP contribution in [0.25, 0.3) is 0 Å². The largest absolute Gasteiger partial charge is 0.482 e. The van der Waals surface area contributed by atoms with Crippen molar-refractivity contribution < 1.29 is 14.3 Å². The minimum atomic E-state index is -0.155. The van der Waals surface area contributed by atoms with E-state index in [0.717, 1.165) is 36.9 Å². The van der Waals surface area contributed by atoms with Crippen molar-refractivity contribution in [2.24, 2.45) is 0 Å². The van der Waals surface area contributed by atoms with Gasteiger partial charge in [0.15, 0.2) is 17.5 Å². The fourth-order valence-corrected chi connectivity index (χ4v) is 4.09. The van der Waals surface area contributed by atoms with Gasteiger partial charge in [-0.1, -0.05) is 11.8 Å². The van der Waals surface area contributed by atoms with Crippen LogP contribution < -0.4 is 15.2 Å². The zero-order chi connectivity index (χ0) is 19.0. The predicted molar refractivity (Wildman–Crippen MR) is 102 cm³/mol. The van der Waals surface area contributed by atoms with Gasteiger partial charge in [-0.05, 0) is 43.9 Å². The van der Waals surface area contributed by atoms with Gasteiger partial charge in [0.2, 0.25) is 0 Å². The van der Waals surface area contributed by atoms with Gasteiger partial charge >= 0.3 is 0 Å². The summed E-state index contributed by atoms with van der Waals surface area (Å²) in [4.78, 5) is 45.3. The molecule has 2 heterocycles. The number of hydrogen-bond donors (Lipinski definition) is 1. The average molecular weight is 385 g/mol. The number of fused-ring (bicyclic) bond motifs is 2. The van der Waals surface area contributed by atoms with Crippen molar-refractivity contribution in [1.82, 2.24) is 9.97 Å². The molecule has 2 aromatic rings. The zero-order valence-corrected chi connectivity index (χ0v) is 15.7. The molecule has 27 heavy (non-hydrogen) atoms. The van der Waals surface area contributed by atoms with Crippen LogP contribution in [0.2, 0.25) is 0 Å². The molecule has 0 bridgehead atoms. The first-order valence-corrected chi connectivity index (χ1v) is 9.83. The van der Waals surface area contributed by atoms with Gasteiger partial charge in [-0.2, -0.15) is 0 Å². The lowest BCUT2D eigenvalue weighted by Gasteiger charge is -2.26. The molecule has 0 saturated heterocycles. The number of aromatic amines is 1. The normalized spacial score (nSPS) is 15.7. The topological polar surface area (TPSA) is 92.4 Å². The van der Waals surface area contributed by atoms with Crippen LogP contribution in [-0.2, 0) is 17.6 Å². The molecule has 0 radical (unpaired) electrons. The van der Waals surface area contributed by atoms with E-state index in [9.17, 15) is 14.4 Å². The molecule has 8 heteroatoms. The van der Waals surface area contributed by atoms with Crippen LogP contribution in [0.3, 0.4) is 0 Å². The molecule has 1 aromatic carbocycles. The fourth-order valence-electron chi connectivity index (χ4n) is 3.31. The SMILES string of the molecule is CN1C(=O)COc2ccc(C(=O)CSc3nc4c(c(=O)[nH]3)CCCC4)cc21. The second kappa shape index (κ2) is 7.19. The van der Waals surface area contributed by atoms with Gasteiger partial charge in [0, 0.05) is 18.2 Å². The Morgan fingerprint density at radius 2 is 2.11 bits per heavy atom. The third-order valence-corrected chi connectivity index (χ3v) is 5.75. The van der Waals surface area contributed by atoms with Gasteiger partial charge in [0.25, 0.3) is 11.5 Å². The summed E-state index contributed by atoms with van der Waals surface area (Å²) >= 11 is 1.22. The Morgan fingerprint density at radius 1 is 1.30 bits per heavy atom. The molecule has 0 atom stereocenters. The number of thioether (sulfide) groups is 1.